The predicted molar refractivity (Wildman–Crippen MR) is 120 cm³/mol. The lowest BCUT2D eigenvalue weighted by atomic mass is 9.82. The highest BCUT2D eigenvalue weighted by atomic mass is 32.2. The van der Waals surface area contributed by atoms with Crippen LogP contribution >= 0.6 is 11.8 Å². The molecular weight excluding hydrogens is 362 g/mol. The molecular formula is C25H33NOS. The van der Waals surface area contributed by atoms with Crippen LogP contribution in [-0.4, -0.2) is 28.8 Å². The van der Waals surface area contributed by atoms with E-state index >= 15 is 0 Å². The first-order valence-corrected chi connectivity index (χ1v) is 11.9. The molecule has 0 spiro atoms. The Morgan fingerprint density at radius 2 is 1.93 bits per heavy atom. The van der Waals surface area contributed by atoms with Crippen LogP contribution in [0.5, 0.6) is 0 Å². The fourth-order valence-electron chi connectivity index (χ4n) is 4.92. The topological polar surface area (TPSA) is 46.2 Å². The summed E-state index contributed by atoms with van der Waals surface area (Å²) < 4.78 is 0. The Morgan fingerprint density at radius 1 is 1.07 bits per heavy atom. The molecule has 2 aromatic carbocycles. The van der Waals surface area contributed by atoms with Gasteiger partial charge < -0.3 is 10.8 Å². The van der Waals surface area contributed by atoms with Gasteiger partial charge in [0.2, 0.25) is 0 Å². The van der Waals surface area contributed by atoms with Crippen molar-refractivity contribution in [2.45, 2.75) is 56.4 Å². The van der Waals surface area contributed by atoms with E-state index in [-0.39, 0.29) is 12.1 Å². The van der Waals surface area contributed by atoms with Crippen LogP contribution in [0.3, 0.4) is 0 Å². The van der Waals surface area contributed by atoms with Gasteiger partial charge in [-0.25, -0.2) is 0 Å². The Labute approximate surface area is 173 Å². The molecule has 3 atom stereocenters. The highest BCUT2D eigenvalue weighted by molar-refractivity contribution is 7.99. The average Bonchev–Trinajstić information content (AvgIpc) is 3.14. The van der Waals surface area contributed by atoms with E-state index in [0.29, 0.717) is 5.92 Å². The van der Waals surface area contributed by atoms with Gasteiger partial charge in [-0.3, -0.25) is 0 Å². The third kappa shape index (κ3) is 4.82. The Kier molecular flexibility index (Phi) is 6.45. The zero-order valence-electron chi connectivity index (χ0n) is 16.8. The second kappa shape index (κ2) is 9.02. The minimum absolute atomic E-state index is 0.109. The van der Waals surface area contributed by atoms with Gasteiger partial charge in [0.05, 0.1) is 6.61 Å². The van der Waals surface area contributed by atoms with Crippen LogP contribution in [-0.2, 0) is 19.3 Å². The number of thioether (sulfide) groups is 1. The van der Waals surface area contributed by atoms with E-state index in [0.717, 1.165) is 25.2 Å². The molecule has 0 aromatic heterocycles. The molecule has 2 aliphatic carbocycles. The monoisotopic (exact) mass is 395 g/mol. The molecule has 150 valence electrons. The Hall–Kier alpha value is -1.29. The highest BCUT2D eigenvalue weighted by Gasteiger charge is 2.36. The summed E-state index contributed by atoms with van der Waals surface area (Å²) in [7, 11) is 0. The molecule has 0 radical (unpaired) electrons. The van der Waals surface area contributed by atoms with Crippen molar-refractivity contribution in [1.29, 1.82) is 0 Å². The molecule has 0 aliphatic heterocycles. The number of aliphatic hydroxyl groups excluding tert-OH is 1. The number of hydrogen-bond donors (Lipinski definition) is 2. The molecule has 0 heterocycles. The lowest BCUT2D eigenvalue weighted by molar-refractivity contribution is 0.198. The van der Waals surface area contributed by atoms with Crippen LogP contribution in [0.2, 0.25) is 0 Å². The molecule has 0 amide bonds. The van der Waals surface area contributed by atoms with Gasteiger partial charge in [-0.2, -0.15) is 11.8 Å². The molecule has 1 saturated carbocycles. The first kappa shape index (κ1) is 20.0. The van der Waals surface area contributed by atoms with E-state index in [1.807, 2.05) is 0 Å². The molecule has 2 aromatic rings. The number of fused-ring (bicyclic) bond motifs is 1. The van der Waals surface area contributed by atoms with Gasteiger partial charge in [-0.1, -0.05) is 48.5 Å². The Bertz CT molecular complexity index is 777. The maximum Gasteiger partial charge on any atom is 0.0611 e. The summed E-state index contributed by atoms with van der Waals surface area (Å²) in [6.45, 7) is 0.109. The highest BCUT2D eigenvalue weighted by Crippen LogP contribution is 2.40. The fourth-order valence-corrected chi connectivity index (χ4v) is 6.08. The summed E-state index contributed by atoms with van der Waals surface area (Å²) in [5, 5.41) is 9.54. The summed E-state index contributed by atoms with van der Waals surface area (Å²) in [6, 6.07) is 18.0. The second-order valence-corrected chi connectivity index (χ2v) is 10.1. The van der Waals surface area contributed by atoms with E-state index in [1.54, 1.807) is 11.1 Å². The van der Waals surface area contributed by atoms with Crippen LogP contribution < -0.4 is 5.73 Å². The quantitative estimate of drug-likeness (QED) is 0.667. The molecule has 2 aliphatic rings. The smallest absolute Gasteiger partial charge is 0.0611 e. The van der Waals surface area contributed by atoms with Crippen molar-refractivity contribution >= 4 is 11.8 Å². The first-order valence-electron chi connectivity index (χ1n) is 10.8. The van der Waals surface area contributed by atoms with Crippen LogP contribution in [0.25, 0.3) is 0 Å². The molecule has 28 heavy (non-hydrogen) atoms. The van der Waals surface area contributed by atoms with Crippen molar-refractivity contribution in [3.05, 3.63) is 70.8 Å². The largest absolute Gasteiger partial charge is 0.394 e. The minimum Gasteiger partial charge on any atom is -0.394 e. The molecule has 4 rings (SSSR count). The van der Waals surface area contributed by atoms with Crippen molar-refractivity contribution in [1.82, 2.24) is 0 Å². The summed E-state index contributed by atoms with van der Waals surface area (Å²) in [6.07, 6.45) is 7.91. The van der Waals surface area contributed by atoms with E-state index in [2.05, 4.69) is 60.3 Å². The average molecular weight is 396 g/mol. The number of rotatable bonds is 7. The molecule has 0 bridgehead atoms. The maximum absolute atomic E-state index is 9.54. The standard InChI is InChI=1S/C25H33NOS/c26-25(18-27)12-10-24(16-25)23-9-8-21-14-20(6-7-22(21)15-23)17-28-13-11-19-4-2-1-3-5-19/h1-5,8-9,15,20,24,27H,6-7,10-14,16-18,26H2/t20?,24-,25+/m0/s1. The molecule has 0 saturated heterocycles. The van der Waals surface area contributed by atoms with Gasteiger partial charge in [-0.15, -0.1) is 0 Å². The summed E-state index contributed by atoms with van der Waals surface area (Å²) in [4.78, 5) is 0. The number of aryl methyl sites for hydroxylation is 2. The van der Waals surface area contributed by atoms with Crippen LogP contribution in [0.1, 0.15) is 53.9 Å². The van der Waals surface area contributed by atoms with Crippen molar-refractivity contribution < 1.29 is 5.11 Å². The first-order chi connectivity index (χ1) is 13.6. The predicted octanol–water partition coefficient (Wildman–Crippen LogP) is 4.72. The van der Waals surface area contributed by atoms with E-state index in [1.165, 1.54) is 48.3 Å². The summed E-state index contributed by atoms with van der Waals surface area (Å²) in [5.74, 6) is 3.84. The van der Waals surface area contributed by atoms with Crippen molar-refractivity contribution in [3.8, 4) is 0 Å². The zero-order valence-corrected chi connectivity index (χ0v) is 17.6. The lowest BCUT2D eigenvalue weighted by Crippen LogP contribution is -2.40. The van der Waals surface area contributed by atoms with Gasteiger partial charge in [0.25, 0.3) is 0 Å². The molecule has 1 unspecified atom stereocenters. The maximum atomic E-state index is 9.54. The molecule has 3 heteroatoms. The lowest BCUT2D eigenvalue weighted by Gasteiger charge is -2.26. The minimum atomic E-state index is -0.358. The Balaban J connectivity index is 1.27. The summed E-state index contributed by atoms with van der Waals surface area (Å²) >= 11 is 2.12. The number of hydrogen-bond acceptors (Lipinski definition) is 3. The van der Waals surface area contributed by atoms with Gasteiger partial charge in [-0.05, 0) is 90.5 Å². The summed E-state index contributed by atoms with van der Waals surface area (Å²) in [5.41, 5.74) is 11.9. The van der Waals surface area contributed by atoms with Crippen LogP contribution in [0.15, 0.2) is 48.5 Å². The SMILES string of the molecule is N[C@]1(CO)CC[C@H](c2ccc3c(c2)CCC(CSCCc2ccccc2)C3)C1. The van der Waals surface area contributed by atoms with Crippen LogP contribution in [0, 0.1) is 5.92 Å². The third-order valence-electron chi connectivity index (χ3n) is 6.72. The van der Waals surface area contributed by atoms with Gasteiger partial charge in [0, 0.05) is 5.54 Å². The molecule has 2 nitrogen and oxygen atoms in total. The van der Waals surface area contributed by atoms with Crippen molar-refractivity contribution in [2.24, 2.45) is 11.7 Å². The molecule has 1 fully saturated rings. The fraction of sp³-hybridized carbons (Fsp3) is 0.520. The number of aliphatic hydroxyl groups is 1. The number of benzene rings is 2. The van der Waals surface area contributed by atoms with E-state index in [4.69, 9.17) is 5.73 Å². The van der Waals surface area contributed by atoms with Crippen molar-refractivity contribution in [3.63, 3.8) is 0 Å². The normalized spacial score (nSPS) is 26.9. The van der Waals surface area contributed by atoms with Gasteiger partial charge >= 0.3 is 0 Å². The number of nitrogens with two attached hydrogens (primary N) is 1. The van der Waals surface area contributed by atoms with Crippen LogP contribution in [0.4, 0.5) is 0 Å². The Morgan fingerprint density at radius 3 is 2.71 bits per heavy atom. The second-order valence-electron chi connectivity index (χ2n) is 8.91. The zero-order chi connectivity index (χ0) is 19.4. The molecule has 3 N–H and O–H groups in total. The van der Waals surface area contributed by atoms with Gasteiger partial charge in [0.1, 0.15) is 0 Å². The van der Waals surface area contributed by atoms with E-state index < -0.39 is 0 Å². The third-order valence-corrected chi connectivity index (χ3v) is 7.92. The van der Waals surface area contributed by atoms with Gasteiger partial charge in [0.15, 0.2) is 0 Å². The van der Waals surface area contributed by atoms with Crippen molar-refractivity contribution in [2.75, 3.05) is 18.1 Å². The van der Waals surface area contributed by atoms with E-state index in [9.17, 15) is 5.11 Å².